The number of hydrogen-bond donors (Lipinski definition) is 1. The van der Waals surface area contributed by atoms with E-state index in [1.807, 2.05) is 27.7 Å². The first-order chi connectivity index (χ1) is 12.6. The molecular formula is C20H26N2O4S. The zero-order valence-corrected chi connectivity index (χ0v) is 17.1. The van der Waals surface area contributed by atoms with Crippen LogP contribution in [0.4, 0.5) is 5.69 Å². The van der Waals surface area contributed by atoms with Gasteiger partial charge in [0.2, 0.25) is 15.9 Å². The number of nitrogens with one attached hydrogen (secondary N) is 1. The molecule has 1 N–H and O–H groups in total. The number of carbonyl (C=O) groups is 1. The second-order valence-electron chi connectivity index (χ2n) is 6.75. The lowest BCUT2D eigenvalue weighted by molar-refractivity contribution is -0.116. The molecule has 0 heterocycles. The summed E-state index contributed by atoms with van der Waals surface area (Å²) in [7, 11) is -2.34. The highest BCUT2D eigenvalue weighted by atomic mass is 32.2. The first-order valence-corrected chi connectivity index (χ1v) is 10.1. The minimum atomic E-state index is -3.73. The van der Waals surface area contributed by atoms with Crippen LogP contribution in [0, 0.1) is 13.8 Å². The molecule has 2 aromatic carbocycles. The third-order valence-electron chi connectivity index (χ3n) is 4.06. The van der Waals surface area contributed by atoms with Gasteiger partial charge in [0.25, 0.3) is 0 Å². The van der Waals surface area contributed by atoms with Crippen molar-refractivity contribution in [2.75, 3.05) is 18.9 Å². The lowest BCUT2D eigenvalue weighted by atomic mass is 10.1. The van der Waals surface area contributed by atoms with Crippen molar-refractivity contribution < 1.29 is 17.9 Å². The maximum absolute atomic E-state index is 12.7. The molecule has 146 valence electrons. The van der Waals surface area contributed by atoms with Gasteiger partial charge < -0.3 is 10.1 Å². The summed E-state index contributed by atoms with van der Waals surface area (Å²) in [4.78, 5) is 12.4. The van der Waals surface area contributed by atoms with E-state index in [1.54, 1.807) is 42.5 Å². The molecule has 0 unspecified atom stereocenters. The van der Waals surface area contributed by atoms with E-state index in [4.69, 9.17) is 4.74 Å². The van der Waals surface area contributed by atoms with Crippen molar-refractivity contribution in [3.8, 4) is 5.75 Å². The van der Waals surface area contributed by atoms with Gasteiger partial charge >= 0.3 is 0 Å². The Morgan fingerprint density at radius 1 is 1.07 bits per heavy atom. The number of sulfonamides is 1. The van der Waals surface area contributed by atoms with E-state index < -0.39 is 15.9 Å². The van der Waals surface area contributed by atoms with Gasteiger partial charge in [-0.2, -0.15) is 4.31 Å². The smallest absolute Gasteiger partial charge is 0.243 e. The fourth-order valence-corrected chi connectivity index (χ4v) is 3.64. The van der Waals surface area contributed by atoms with E-state index in [0.717, 1.165) is 15.4 Å². The summed E-state index contributed by atoms with van der Waals surface area (Å²) < 4.78 is 31.9. The standard InChI is InChI=1S/C20H26N2O4S/c1-14(2)26-18-9-7-17(8-10-18)21-20(23)13-22(5)27(24,25)19-11-6-15(3)16(4)12-19/h6-12,14H,13H2,1-5H3,(H,21,23). The molecule has 0 saturated heterocycles. The molecule has 2 rings (SSSR count). The van der Waals surface area contributed by atoms with Gasteiger partial charge in [-0.3, -0.25) is 4.79 Å². The van der Waals surface area contributed by atoms with Gasteiger partial charge in [0.15, 0.2) is 0 Å². The summed E-state index contributed by atoms with van der Waals surface area (Å²) in [5.41, 5.74) is 2.48. The van der Waals surface area contributed by atoms with Crippen LogP contribution in [0.2, 0.25) is 0 Å². The van der Waals surface area contributed by atoms with Crippen molar-refractivity contribution in [1.29, 1.82) is 0 Å². The zero-order chi connectivity index (χ0) is 20.2. The topological polar surface area (TPSA) is 75.7 Å². The molecule has 0 fully saturated rings. The normalized spacial score (nSPS) is 11.7. The molecule has 0 bridgehead atoms. The molecule has 0 aliphatic rings. The number of anilines is 1. The second-order valence-corrected chi connectivity index (χ2v) is 8.79. The van der Waals surface area contributed by atoms with Crippen LogP contribution < -0.4 is 10.1 Å². The molecule has 0 spiro atoms. The Balaban J connectivity index is 2.02. The Kier molecular flexibility index (Phi) is 6.62. The molecule has 2 aromatic rings. The fraction of sp³-hybridized carbons (Fsp3) is 0.350. The van der Waals surface area contributed by atoms with Crippen molar-refractivity contribution in [3.05, 3.63) is 53.6 Å². The highest BCUT2D eigenvalue weighted by Gasteiger charge is 2.23. The predicted octanol–water partition coefficient (Wildman–Crippen LogP) is 3.35. The van der Waals surface area contributed by atoms with Crippen molar-refractivity contribution >= 4 is 21.6 Å². The van der Waals surface area contributed by atoms with Crippen molar-refractivity contribution in [3.63, 3.8) is 0 Å². The van der Waals surface area contributed by atoms with Gasteiger partial charge in [-0.05, 0) is 75.2 Å². The van der Waals surface area contributed by atoms with Gasteiger partial charge in [-0.1, -0.05) is 6.07 Å². The Bertz CT molecular complexity index is 906. The zero-order valence-electron chi connectivity index (χ0n) is 16.3. The number of nitrogens with zero attached hydrogens (tertiary/aromatic N) is 1. The van der Waals surface area contributed by atoms with Crippen LogP contribution in [0.1, 0.15) is 25.0 Å². The molecule has 0 radical (unpaired) electrons. The molecule has 7 heteroatoms. The van der Waals surface area contributed by atoms with Gasteiger partial charge in [0.05, 0.1) is 17.5 Å². The van der Waals surface area contributed by atoms with Crippen molar-refractivity contribution in [2.45, 2.75) is 38.7 Å². The number of likely N-dealkylation sites (N-methyl/N-ethyl adjacent to an activating group) is 1. The summed E-state index contributed by atoms with van der Waals surface area (Å²) >= 11 is 0. The molecule has 0 saturated carbocycles. The largest absolute Gasteiger partial charge is 0.491 e. The average molecular weight is 391 g/mol. The van der Waals surface area contributed by atoms with E-state index in [2.05, 4.69) is 5.32 Å². The van der Waals surface area contributed by atoms with Crippen LogP contribution in [-0.2, 0) is 14.8 Å². The molecule has 27 heavy (non-hydrogen) atoms. The van der Waals surface area contributed by atoms with Crippen molar-refractivity contribution in [2.24, 2.45) is 0 Å². The summed E-state index contributed by atoms with van der Waals surface area (Å²) in [5, 5.41) is 2.70. The van der Waals surface area contributed by atoms with E-state index in [9.17, 15) is 13.2 Å². The van der Waals surface area contributed by atoms with Gasteiger partial charge in [0.1, 0.15) is 5.75 Å². The SMILES string of the molecule is Cc1ccc(S(=O)(=O)N(C)CC(=O)Nc2ccc(OC(C)C)cc2)cc1C. The van der Waals surface area contributed by atoms with Crippen LogP contribution in [0.3, 0.4) is 0 Å². The molecule has 0 aromatic heterocycles. The fourth-order valence-electron chi connectivity index (χ4n) is 2.43. The maximum atomic E-state index is 12.7. The average Bonchev–Trinajstić information content (AvgIpc) is 2.58. The van der Waals surface area contributed by atoms with E-state index in [-0.39, 0.29) is 17.5 Å². The van der Waals surface area contributed by atoms with Crippen LogP contribution in [0.25, 0.3) is 0 Å². The third-order valence-corrected chi connectivity index (χ3v) is 5.86. The van der Waals surface area contributed by atoms with E-state index in [1.165, 1.54) is 7.05 Å². The number of benzene rings is 2. The number of rotatable bonds is 7. The summed E-state index contributed by atoms with van der Waals surface area (Å²) in [6.07, 6.45) is 0.0645. The van der Waals surface area contributed by atoms with Crippen LogP contribution in [0.5, 0.6) is 5.75 Å². The molecule has 1 amide bonds. The Labute approximate surface area is 161 Å². The number of carbonyl (C=O) groups excluding carboxylic acids is 1. The Hall–Kier alpha value is -2.38. The summed E-state index contributed by atoms with van der Waals surface area (Å²) in [6.45, 7) is 7.36. The molecule has 0 atom stereocenters. The van der Waals surface area contributed by atoms with Gasteiger partial charge in [-0.15, -0.1) is 0 Å². The highest BCUT2D eigenvalue weighted by molar-refractivity contribution is 7.89. The molecule has 6 nitrogen and oxygen atoms in total. The van der Waals surface area contributed by atoms with E-state index in [0.29, 0.717) is 11.4 Å². The number of amides is 1. The molecule has 0 aliphatic heterocycles. The maximum Gasteiger partial charge on any atom is 0.243 e. The second kappa shape index (κ2) is 8.54. The van der Waals surface area contributed by atoms with Crippen molar-refractivity contribution in [1.82, 2.24) is 4.31 Å². The number of hydrogen-bond acceptors (Lipinski definition) is 4. The lowest BCUT2D eigenvalue weighted by Crippen LogP contribution is -2.35. The third kappa shape index (κ3) is 5.55. The quantitative estimate of drug-likeness (QED) is 0.787. The lowest BCUT2D eigenvalue weighted by Gasteiger charge is -2.18. The minimum absolute atomic E-state index is 0.0645. The summed E-state index contributed by atoms with van der Waals surface area (Å²) in [6, 6.07) is 11.9. The predicted molar refractivity (Wildman–Crippen MR) is 107 cm³/mol. The monoisotopic (exact) mass is 390 g/mol. The first kappa shape index (κ1) is 20.9. The van der Waals surface area contributed by atoms with E-state index >= 15 is 0 Å². The first-order valence-electron chi connectivity index (χ1n) is 8.70. The number of aryl methyl sites for hydroxylation is 2. The Morgan fingerprint density at radius 3 is 2.26 bits per heavy atom. The van der Waals surface area contributed by atoms with Gasteiger partial charge in [0, 0.05) is 12.7 Å². The summed E-state index contributed by atoms with van der Waals surface area (Å²) in [5.74, 6) is 0.292. The van der Waals surface area contributed by atoms with Crippen LogP contribution in [0.15, 0.2) is 47.4 Å². The Morgan fingerprint density at radius 2 is 1.70 bits per heavy atom. The molecule has 0 aliphatic carbocycles. The van der Waals surface area contributed by atoms with Gasteiger partial charge in [-0.25, -0.2) is 8.42 Å². The van der Waals surface area contributed by atoms with Crippen LogP contribution in [-0.4, -0.2) is 38.3 Å². The molecular weight excluding hydrogens is 364 g/mol. The van der Waals surface area contributed by atoms with Crippen LogP contribution >= 0.6 is 0 Å². The number of ether oxygens (including phenoxy) is 1. The highest BCUT2D eigenvalue weighted by Crippen LogP contribution is 2.19. The minimum Gasteiger partial charge on any atom is -0.491 e.